The third kappa shape index (κ3) is 3.18. The standard InChI is InChI=1S/C14H12N2O3S3/c1-19-10-2-5-12(6-3-10)22(17,18)9-11-4-7-14(21-11)13-8-20-16-15-13/h2-8H,9H2,1H3. The Morgan fingerprint density at radius 2 is 1.91 bits per heavy atom. The van der Waals surface area contributed by atoms with Crippen LogP contribution in [-0.2, 0) is 15.6 Å². The molecule has 3 aromatic rings. The van der Waals surface area contributed by atoms with Crippen molar-refractivity contribution in [3.8, 4) is 16.3 Å². The Kier molecular flexibility index (Phi) is 4.23. The second kappa shape index (κ2) is 6.15. The van der Waals surface area contributed by atoms with E-state index < -0.39 is 9.84 Å². The van der Waals surface area contributed by atoms with Crippen molar-refractivity contribution in [1.29, 1.82) is 0 Å². The summed E-state index contributed by atoms with van der Waals surface area (Å²) >= 11 is 2.69. The van der Waals surface area contributed by atoms with Crippen LogP contribution in [0.5, 0.6) is 5.75 Å². The van der Waals surface area contributed by atoms with Gasteiger partial charge in [0.25, 0.3) is 0 Å². The van der Waals surface area contributed by atoms with Gasteiger partial charge in [0, 0.05) is 10.3 Å². The molecule has 0 radical (unpaired) electrons. The summed E-state index contributed by atoms with van der Waals surface area (Å²) in [5.41, 5.74) is 0.781. The predicted molar refractivity (Wildman–Crippen MR) is 87.1 cm³/mol. The van der Waals surface area contributed by atoms with Crippen LogP contribution in [0.1, 0.15) is 4.88 Å². The van der Waals surface area contributed by atoms with E-state index in [-0.39, 0.29) is 5.75 Å². The minimum absolute atomic E-state index is 0.0262. The van der Waals surface area contributed by atoms with E-state index in [1.807, 2.05) is 17.5 Å². The molecule has 0 unspecified atom stereocenters. The Morgan fingerprint density at radius 1 is 1.14 bits per heavy atom. The van der Waals surface area contributed by atoms with Crippen molar-refractivity contribution in [1.82, 2.24) is 9.59 Å². The zero-order chi connectivity index (χ0) is 15.6. The molecule has 114 valence electrons. The van der Waals surface area contributed by atoms with Gasteiger partial charge in [0.05, 0.1) is 22.6 Å². The normalized spacial score (nSPS) is 11.5. The van der Waals surface area contributed by atoms with Crippen LogP contribution in [0.4, 0.5) is 0 Å². The molecule has 0 aliphatic carbocycles. The van der Waals surface area contributed by atoms with Crippen LogP contribution in [0.2, 0.25) is 0 Å². The van der Waals surface area contributed by atoms with Gasteiger partial charge in [-0.25, -0.2) is 8.42 Å². The number of methoxy groups -OCH3 is 1. The molecular formula is C14H12N2O3S3. The first kappa shape index (κ1) is 15.1. The van der Waals surface area contributed by atoms with E-state index in [1.165, 1.54) is 22.9 Å². The second-order valence-corrected chi connectivity index (χ2v) is 8.26. The fourth-order valence-corrected chi connectivity index (χ4v) is 5.10. The van der Waals surface area contributed by atoms with Crippen molar-refractivity contribution in [2.45, 2.75) is 10.6 Å². The van der Waals surface area contributed by atoms with Crippen LogP contribution in [0.3, 0.4) is 0 Å². The van der Waals surface area contributed by atoms with Crippen molar-refractivity contribution in [2.24, 2.45) is 0 Å². The molecule has 3 rings (SSSR count). The number of hydrogen-bond acceptors (Lipinski definition) is 7. The van der Waals surface area contributed by atoms with Crippen molar-refractivity contribution < 1.29 is 13.2 Å². The zero-order valence-electron chi connectivity index (χ0n) is 11.6. The van der Waals surface area contributed by atoms with Gasteiger partial charge < -0.3 is 4.74 Å². The fourth-order valence-electron chi connectivity index (χ4n) is 1.92. The molecule has 8 heteroatoms. The summed E-state index contributed by atoms with van der Waals surface area (Å²) < 4.78 is 33.7. The largest absolute Gasteiger partial charge is 0.497 e. The Balaban J connectivity index is 1.82. The molecule has 0 aliphatic rings. The topological polar surface area (TPSA) is 69.2 Å². The Labute approximate surface area is 136 Å². The number of sulfone groups is 1. The minimum atomic E-state index is -3.37. The van der Waals surface area contributed by atoms with E-state index in [0.29, 0.717) is 10.6 Å². The molecule has 5 nitrogen and oxygen atoms in total. The van der Waals surface area contributed by atoms with Gasteiger partial charge in [0.15, 0.2) is 9.84 Å². The maximum absolute atomic E-state index is 12.4. The fraction of sp³-hybridized carbons (Fsp3) is 0.143. The molecule has 0 spiro atoms. The van der Waals surface area contributed by atoms with Gasteiger partial charge in [-0.15, -0.1) is 16.4 Å². The van der Waals surface area contributed by atoms with Crippen LogP contribution in [0.25, 0.3) is 10.6 Å². The SMILES string of the molecule is COc1ccc(S(=O)(=O)Cc2ccc(-c3csnn3)s2)cc1. The van der Waals surface area contributed by atoms with Crippen LogP contribution >= 0.6 is 22.9 Å². The van der Waals surface area contributed by atoms with E-state index in [4.69, 9.17) is 4.74 Å². The van der Waals surface area contributed by atoms with Crippen molar-refractivity contribution in [3.05, 3.63) is 46.7 Å². The average Bonchev–Trinajstić information content (AvgIpc) is 3.18. The number of nitrogens with zero attached hydrogens (tertiary/aromatic N) is 2. The molecule has 0 saturated carbocycles. The highest BCUT2D eigenvalue weighted by atomic mass is 32.2. The minimum Gasteiger partial charge on any atom is -0.497 e. The molecule has 2 heterocycles. The van der Waals surface area contributed by atoms with Gasteiger partial charge in [0.1, 0.15) is 11.4 Å². The van der Waals surface area contributed by atoms with Crippen molar-refractivity contribution >= 4 is 32.7 Å². The van der Waals surface area contributed by atoms with E-state index in [1.54, 1.807) is 31.4 Å². The molecule has 0 fully saturated rings. The number of thiophene rings is 1. The van der Waals surface area contributed by atoms with Gasteiger partial charge in [-0.1, -0.05) is 4.49 Å². The third-order valence-corrected chi connectivity index (χ3v) is 6.50. The molecule has 22 heavy (non-hydrogen) atoms. The smallest absolute Gasteiger partial charge is 0.183 e. The summed E-state index contributed by atoms with van der Waals surface area (Å²) in [5, 5.41) is 5.83. The number of ether oxygens (including phenoxy) is 1. The monoisotopic (exact) mass is 352 g/mol. The van der Waals surface area contributed by atoms with E-state index >= 15 is 0 Å². The molecule has 0 saturated heterocycles. The Morgan fingerprint density at radius 3 is 2.55 bits per heavy atom. The molecule has 0 amide bonds. The number of benzene rings is 1. The van der Waals surface area contributed by atoms with Crippen molar-refractivity contribution in [3.63, 3.8) is 0 Å². The van der Waals surface area contributed by atoms with E-state index in [9.17, 15) is 8.42 Å². The highest BCUT2D eigenvalue weighted by Gasteiger charge is 2.17. The van der Waals surface area contributed by atoms with E-state index in [0.717, 1.165) is 15.4 Å². The summed E-state index contributed by atoms with van der Waals surface area (Å²) in [7, 11) is -1.83. The highest BCUT2D eigenvalue weighted by Crippen LogP contribution is 2.29. The average molecular weight is 352 g/mol. The van der Waals surface area contributed by atoms with Crippen molar-refractivity contribution in [2.75, 3.05) is 7.11 Å². The lowest BCUT2D eigenvalue weighted by molar-refractivity contribution is 0.414. The molecule has 0 bridgehead atoms. The lowest BCUT2D eigenvalue weighted by Gasteiger charge is -2.04. The first-order chi connectivity index (χ1) is 10.6. The quantitative estimate of drug-likeness (QED) is 0.705. The second-order valence-electron chi connectivity index (χ2n) is 4.49. The number of aromatic nitrogens is 2. The first-order valence-corrected chi connectivity index (χ1v) is 9.62. The van der Waals surface area contributed by atoms with Crippen LogP contribution in [0, 0.1) is 0 Å². The third-order valence-electron chi connectivity index (χ3n) is 3.02. The van der Waals surface area contributed by atoms with Gasteiger partial charge in [-0.3, -0.25) is 0 Å². The molecular weight excluding hydrogens is 340 g/mol. The van der Waals surface area contributed by atoms with E-state index in [2.05, 4.69) is 9.59 Å². The van der Waals surface area contributed by atoms with Crippen LogP contribution in [-0.4, -0.2) is 25.1 Å². The lowest BCUT2D eigenvalue weighted by atomic mass is 10.3. The lowest BCUT2D eigenvalue weighted by Crippen LogP contribution is -2.03. The summed E-state index contributed by atoms with van der Waals surface area (Å²) in [6, 6.07) is 10.1. The summed E-state index contributed by atoms with van der Waals surface area (Å²) in [6.07, 6.45) is 0. The van der Waals surface area contributed by atoms with Crippen LogP contribution < -0.4 is 4.74 Å². The van der Waals surface area contributed by atoms with Gasteiger partial charge >= 0.3 is 0 Å². The number of hydrogen-bond donors (Lipinski definition) is 0. The molecule has 2 aromatic heterocycles. The summed E-state index contributed by atoms with van der Waals surface area (Å²) in [5.74, 6) is 0.607. The molecule has 0 atom stereocenters. The Hall–Kier alpha value is -1.77. The molecule has 0 N–H and O–H groups in total. The predicted octanol–water partition coefficient (Wildman–Crippen LogP) is 3.25. The van der Waals surface area contributed by atoms with Gasteiger partial charge in [-0.2, -0.15) is 0 Å². The van der Waals surface area contributed by atoms with Crippen LogP contribution in [0.15, 0.2) is 46.7 Å². The molecule has 0 aliphatic heterocycles. The zero-order valence-corrected chi connectivity index (χ0v) is 14.0. The summed E-state index contributed by atoms with van der Waals surface area (Å²) in [4.78, 5) is 1.99. The molecule has 1 aromatic carbocycles. The first-order valence-electron chi connectivity index (χ1n) is 6.31. The maximum atomic E-state index is 12.4. The van der Waals surface area contributed by atoms with Gasteiger partial charge in [-0.05, 0) is 47.9 Å². The highest BCUT2D eigenvalue weighted by molar-refractivity contribution is 7.90. The maximum Gasteiger partial charge on any atom is 0.183 e. The Bertz CT molecular complexity index is 853. The summed E-state index contributed by atoms with van der Waals surface area (Å²) in [6.45, 7) is 0. The number of rotatable bonds is 5. The van der Waals surface area contributed by atoms with Gasteiger partial charge in [0.2, 0.25) is 0 Å².